The van der Waals surface area contributed by atoms with Gasteiger partial charge < -0.3 is 5.32 Å². The minimum absolute atomic E-state index is 0.176. The van der Waals surface area contributed by atoms with Crippen LogP contribution in [0.3, 0.4) is 0 Å². The van der Waals surface area contributed by atoms with Crippen molar-refractivity contribution in [2.24, 2.45) is 0 Å². The molecule has 4 heteroatoms. The van der Waals surface area contributed by atoms with Gasteiger partial charge in [0.05, 0.1) is 0 Å². The predicted molar refractivity (Wildman–Crippen MR) is 46.3 cm³/mol. The standard InChI is InChI=1S/C10H10F3N/c11-7-5-9(13)8(12)4-6(7)10-2-1-3-14-10/h4-5,10,14H,1-3H2/t10-/m1/s1. The molecule has 1 heterocycles. The number of nitrogens with one attached hydrogen (secondary N) is 1. The van der Waals surface area contributed by atoms with E-state index in [1.54, 1.807) is 0 Å². The maximum atomic E-state index is 13.2. The highest BCUT2D eigenvalue weighted by Gasteiger charge is 2.21. The number of hydrogen-bond donors (Lipinski definition) is 1. The molecule has 1 aliphatic rings. The molecule has 0 amide bonds. The average Bonchev–Trinajstić information content (AvgIpc) is 2.64. The number of benzene rings is 1. The van der Waals surface area contributed by atoms with Gasteiger partial charge in [-0.1, -0.05) is 0 Å². The summed E-state index contributed by atoms with van der Waals surface area (Å²) in [5.41, 5.74) is 0.224. The molecule has 2 rings (SSSR count). The summed E-state index contributed by atoms with van der Waals surface area (Å²) in [5, 5.41) is 3.03. The Balaban J connectivity index is 2.37. The van der Waals surface area contributed by atoms with Gasteiger partial charge in [-0.05, 0) is 25.5 Å². The first kappa shape index (κ1) is 9.52. The maximum Gasteiger partial charge on any atom is 0.161 e. The van der Waals surface area contributed by atoms with Gasteiger partial charge in [0.15, 0.2) is 11.6 Å². The van der Waals surface area contributed by atoms with Crippen molar-refractivity contribution in [2.45, 2.75) is 18.9 Å². The minimum Gasteiger partial charge on any atom is -0.310 e. The molecule has 1 aromatic carbocycles. The van der Waals surface area contributed by atoms with Crippen LogP contribution in [0.5, 0.6) is 0 Å². The van der Waals surface area contributed by atoms with Gasteiger partial charge in [-0.15, -0.1) is 0 Å². The quantitative estimate of drug-likeness (QED) is 0.688. The predicted octanol–water partition coefficient (Wildman–Crippen LogP) is 2.53. The second-order valence-electron chi connectivity index (χ2n) is 3.44. The fourth-order valence-electron chi connectivity index (χ4n) is 1.75. The zero-order valence-electron chi connectivity index (χ0n) is 7.49. The van der Waals surface area contributed by atoms with Gasteiger partial charge in [0.2, 0.25) is 0 Å². The Morgan fingerprint density at radius 3 is 2.43 bits per heavy atom. The van der Waals surface area contributed by atoms with E-state index < -0.39 is 17.5 Å². The normalized spacial score (nSPS) is 21.5. The summed E-state index contributed by atoms with van der Waals surface area (Å²) >= 11 is 0. The highest BCUT2D eigenvalue weighted by Crippen LogP contribution is 2.26. The van der Waals surface area contributed by atoms with Crippen LogP contribution in [-0.2, 0) is 0 Å². The molecule has 14 heavy (non-hydrogen) atoms. The first-order valence-electron chi connectivity index (χ1n) is 4.56. The third-order valence-corrected chi connectivity index (χ3v) is 2.48. The second kappa shape index (κ2) is 3.61. The molecule has 0 spiro atoms. The zero-order valence-corrected chi connectivity index (χ0v) is 7.49. The smallest absolute Gasteiger partial charge is 0.161 e. The van der Waals surface area contributed by atoms with Gasteiger partial charge in [0, 0.05) is 17.7 Å². The summed E-state index contributed by atoms with van der Waals surface area (Å²) in [6, 6.07) is 1.36. The molecule has 0 radical (unpaired) electrons. The van der Waals surface area contributed by atoms with Gasteiger partial charge in [-0.25, -0.2) is 13.2 Å². The zero-order chi connectivity index (χ0) is 10.1. The van der Waals surface area contributed by atoms with Crippen LogP contribution >= 0.6 is 0 Å². The van der Waals surface area contributed by atoms with Crippen molar-refractivity contribution in [3.05, 3.63) is 35.1 Å². The first-order valence-corrected chi connectivity index (χ1v) is 4.56. The average molecular weight is 201 g/mol. The van der Waals surface area contributed by atoms with Crippen molar-refractivity contribution in [3.63, 3.8) is 0 Å². The Labute approximate surface area is 79.9 Å². The van der Waals surface area contributed by atoms with E-state index >= 15 is 0 Å². The van der Waals surface area contributed by atoms with Crippen LogP contribution in [0.4, 0.5) is 13.2 Å². The van der Waals surface area contributed by atoms with Gasteiger partial charge in [-0.3, -0.25) is 0 Å². The molecule has 1 saturated heterocycles. The summed E-state index contributed by atoms with van der Waals surface area (Å²) in [5.74, 6) is -2.80. The van der Waals surface area contributed by atoms with Crippen molar-refractivity contribution < 1.29 is 13.2 Å². The molecule has 0 aromatic heterocycles. The molecule has 1 nitrogen and oxygen atoms in total. The molecule has 0 saturated carbocycles. The maximum absolute atomic E-state index is 13.2. The van der Waals surface area contributed by atoms with E-state index in [1.165, 1.54) is 0 Å². The molecule has 0 aliphatic carbocycles. The van der Waals surface area contributed by atoms with E-state index in [1.807, 2.05) is 0 Å². The van der Waals surface area contributed by atoms with E-state index in [4.69, 9.17) is 0 Å². The molecular weight excluding hydrogens is 191 g/mol. The van der Waals surface area contributed by atoms with Crippen molar-refractivity contribution in [2.75, 3.05) is 6.54 Å². The molecule has 1 atom stereocenters. The van der Waals surface area contributed by atoms with E-state index in [2.05, 4.69) is 5.32 Å². The van der Waals surface area contributed by atoms with Crippen molar-refractivity contribution in [1.82, 2.24) is 5.32 Å². The van der Waals surface area contributed by atoms with E-state index in [0.29, 0.717) is 6.07 Å². The lowest BCUT2D eigenvalue weighted by atomic mass is 10.0. The SMILES string of the molecule is Fc1cc(F)c([C@H]2CCCN2)cc1F. The fraction of sp³-hybridized carbons (Fsp3) is 0.400. The second-order valence-corrected chi connectivity index (χ2v) is 3.44. The Hall–Kier alpha value is -1.03. The molecular formula is C10H10F3N. The number of hydrogen-bond acceptors (Lipinski definition) is 1. The third kappa shape index (κ3) is 1.62. The van der Waals surface area contributed by atoms with Crippen LogP contribution < -0.4 is 5.32 Å². The summed E-state index contributed by atoms with van der Waals surface area (Å²) < 4.78 is 38.7. The molecule has 0 unspecified atom stereocenters. The Kier molecular flexibility index (Phi) is 2.46. The van der Waals surface area contributed by atoms with Gasteiger partial charge >= 0.3 is 0 Å². The highest BCUT2D eigenvalue weighted by atomic mass is 19.2. The summed E-state index contributed by atoms with van der Waals surface area (Å²) in [6.07, 6.45) is 1.70. The largest absolute Gasteiger partial charge is 0.310 e. The Morgan fingerprint density at radius 2 is 1.79 bits per heavy atom. The van der Waals surface area contributed by atoms with Crippen molar-refractivity contribution in [3.8, 4) is 0 Å². The lowest BCUT2D eigenvalue weighted by molar-refractivity contribution is 0.480. The van der Waals surface area contributed by atoms with E-state index in [9.17, 15) is 13.2 Å². The summed E-state index contributed by atoms with van der Waals surface area (Å²) in [4.78, 5) is 0. The highest BCUT2D eigenvalue weighted by molar-refractivity contribution is 5.24. The molecule has 0 bridgehead atoms. The molecule has 1 N–H and O–H groups in total. The van der Waals surface area contributed by atoms with Crippen LogP contribution in [0.1, 0.15) is 24.4 Å². The summed E-state index contributed by atoms with van der Waals surface area (Å²) in [6.45, 7) is 0.795. The molecule has 1 fully saturated rings. The number of rotatable bonds is 1. The van der Waals surface area contributed by atoms with Gasteiger partial charge in [0.25, 0.3) is 0 Å². The Morgan fingerprint density at radius 1 is 1.07 bits per heavy atom. The van der Waals surface area contributed by atoms with Crippen molar-refractivity contribution in [1.29, 1.82) is 0 Å². The lowest BCUT2D eigenvalue weighted by Gasteiger charge is -2.11. The number of halogens is 3. The van der Waals surface area contributed by atoms with Crippen molar-refractivity contribution >= 4 is 0 Å². The topological polar surface area (TPSA) is 12.0 Å². The minimum atomic E-state index is -1.13. The van der Waals surface area contributed by atoms with Gasteiger partial charge in [-0.2, -0.15) is 0 Å². The van der Waals surface area contributed by atoms with Crippen LogP contribution in [0.15, 0.2) is 12.1 Å². The van der Waals surface area contributed by atoms with Gasteiger partial charge in [0.1, 0.15) is 5.82 Å². The van der Waals surface area contributed by atoms with E-state index in [0.717, 1.165) is 25.5 Å². The van der Waals surface area contributed by atoms with Crippen LogP contribution in [0.2, 0.25) is 0 Å². The van der Waals surface area contributed by atoms with Crippen LogP contribution in [-0.4, -0.2) is 6.54 Å². The van der Waals surface area contributed by atoms with Crippen LogP contribution in [0.25, 0.3) is 0 Å². The lowest BCUT2D eigenvalue weighted by Crippen LogP contribution is -2.14. The summed E-state index contributed by atoms with van der Waals surface area (Å²) in [7, 11) is 0. The molecule has 1 aromatic rings. The fourth-order valence-corrected chi connectivity index (χ4v) is 1.75. The third-order valence-electron chi connectivity index (χ3n) is 2.48. The molecule has 76 valence electrons. The van der Waals surface area contributed by atoms with E-state index in [-0.39, 0.29) is 11.6 Å². The Bertz CT molecular complexity index is 345. The first-order chi connectivity index (χ1) is 6.68. The molecule has 1 aliphatic heterocycles. The van der Waals surface area contributed by atoms with Crippen LogP contribution in [0, 0.1) is 17.5 Å². The monoisotopic (exact) mass is 201 g/mol.